The van der Waals surface area contributed by atoms with Crippen molar-refractivity contribution in [3.63, 3.8) is 0 Å². The highest BCUT2D eigenvalue weighted by atomic mass is 32.2. The molecule has 0 unspecified atom stereocenters. The van der Waals surface area contributed by atoms with Gasteiger partial charge in [-0.1, -0.05) is 30.2 Å². The maximum atomic E-state index is 12.8. The number of nitrogens with zero attached hydrogens (tertiary/aromatic N) is 4. The van der Waals surface area contributed by atoms with E-state index in [4.69, 9.17) is 5.73 Å². The van der Waals surface area contributed by atoms with Crippen LogP contribution in [-0.4, -0.2) is 48.6 Å². The third-order valence-electron chi connectivity index (χ3n) is 6.28. The number of H-pyrrole nitrogens is 1. The Morgan fingerprint density at radius 2 is 1.94 bits per heavy atom. The normalized spacial score (nSPS) is 18.1. The summed E-state index contributed by atoms with van der Waals surface area (Å²) in [6, 6.07) is 11.0. The van der Waals surface area contributed by atoms with Gasteiger partial charge in [0, 0.05) is 29.4 Å². The Morgan fingerprint density at radius 1 is 1.16 bits per heavy atom. The maximum absolute atomic E-state index is 12.8. The second-order valence-electron chi connectivity index (χ2n) is 8.68. The second-order valence-corrected chi connectivity index (χ2v) is 10.4. The monoisotopic (exact) mass is 453 g/mol. The summed E-state index contributed by atoms with van der Waals surface area (Å²) < 4.78 is 28.2. The zero-order valence-electron chi connectivity index (χ0n) is 17.8. The number of hydrogen-bond acceptors (Lipinski definition) is 7. The highest BCUT2D eigenvalue weighted by Crippen LogP contribution is 2.30. The van der Waals surface area contributed by atoms with Crippen LogP contribution in [0.4, 0.5) is 0 Å². The molecule has 1 saturated carbocycles. The highest BCUT2D eigenvalue weighted by molar-refractivity contribution is 7.89. The molecule has 10 heteroatoms. The van der Waals surface area contributed by atoms with E-state index >= 15 is 0 Å². The molecule has 9 nitrogen and oxygen atoms in total. The molecule has 3 aromatic rings. The Bertz CT molecular complexity index is 1250. The smallest absolute Gasteiger partial charge is 0.240 e. The molecule has 168 valence electrons. The van der Waals surface area contributed by atoms with E-state index in [1.807, 2.05) is 23.2 Å². The van der Waals surface area contributed by atoms with Gasteiger partial charge in [0.25, 0.3) is 0 Å². The summed E-state index contributed by atoms with van der Waals surface area (Å²) in [5.74, 6) is 0. The van der Waals surface area contributed by atoms with E-state index in [-0.39, 0.29) is 11.4 Å². The molecule has 0 bridgehead atoms. The molecule has 0 atom stereocenters. The summed E-state index contributed by atoms with van der Waals surface area (Å²) in [6.45, 7) is 2.45. The molecule has 3 heterocycles. The molecule has 1 aliphatic heterocycles. The number of sulfonamides is 1. The van der Waals surface area contributed by atoms with Gasteiger partial charge >= 0.3 is 0 Å². The third-order valence-corrected chi connectivity index (χ3v) is 7.69. The van der Waals surface area contributed by atoms with Gasteiger partial charge in [-0.25, -0.2) is 18.1 Å². The molecule has 32 heavy (non-hydrogen) atoms. The number of rotatable bonds is 7. The molecule has 4 N–H and O–H groups in total. The first-order valence-electron chi connectivity index (χ1n) is 10.9. The second kappa shape index (κ2) is 8.27. The fraction of sp³-hybridized carbons (Fsp3) is 0.409. The standard InChI is InChI=1S/C22H27N7O2S/c23-22(8-1-2-9-22)15-26-32(30,31)18-5-3-16(4-6-18)19-7-10-24-21-20(19)13-17(27-21)14-29-12-11-25-28-29/h3-7,10,13,26H,1-2,8-9,11-12,14-15,23H2,(H,24,27). The lowest BCUT2D eigenvalue weighted by Crippen LogP contribution is -2.47. The van der Waals surface area contributed by atoms with Crippen LogP contribution in [0.3, 0.4) is 0 Å². The molecule has 0 amide bonds. The van der Waals surface area contributed by atoms with Crippen molar-refractivity contribution in [2.24, 2.45) is 16.1 Å². The van der Waals surface area contributed by atoms with E-state index in [9.17, 15) is 8.42 Å². The fourth-order valence-corrected chi connectivity index (χ4v) is 5.59. The minimum Gasteiger partial charge on any atom is -0.342 e. The van der Waals surface area contributed by atoms with E-state index in [2.05, 4.69) is 31.1 Å². The van der Waals surface area contributed by atoms with Crippen LogP contribution in [0.1, 0.15) is 31.4 Å². The lowest BCUT2D eigenvalue weighted by Gasteiger charge is -2.23. The van der Waals surface area contributed by atoms with Crippen molar-refractivity contribution in [3.05, 3.63) is 48.3 Å². The van der Waals surface area contributed by atoms with Crippen LogP contribution < -0.4 is 10.5 Å². The topological polar surface area (TPSA) is 129 Å². The van der Waals surface area contributed by atoms with Crippen molar-refractivity contribution >= 4 is 21.1 Å². The first-order valence-corrected chi connectivity index (χ1v) is 12.4. The molecule has 0 spiro atoms. The lowest BCUT2D eigenvalue weighted by molar-refractivity contribution is 0.308. The van der Waals surface area contributed by atoms with Crippen molar-refractivity contribution in [1.82, 2.24) is 19.7 Å². The van der Waals surface area contributed by atoms with Crippen LogP contribution in [0, 0.1) is 0 Å². The van der Waals surface area contributed by atoms with Crippen molar-refractivity contribution in [1.29, 1.82) is 0 Å². The van der Waals surface area contributed by atoms with E-state index < -0.39 is 15.6 Å². The maximum Gasteiger partial charge on any atom is 0.240 e. The van der Waals surface area contributed by atoms with Gasteiger partial charge in [-0.2, -0.15) is 5.11 Å². The molecule has 5 rings (SSSR count). The Balaban J connectivity index is 1.36. The third kappa shape index (κ3) is 4.25. The summed E-state index contributed by atoms with van der Waals surface area (Å²) in [5.41, 5.74) is 9.58. The van der Waals surface area contributed by atoms with Gasteiger partial charge in [0.2, 0.25) is 10.0 Å². The summed E-state index contributed by atoms with van der Waals surface area (Å²) in [5, 5.41) is 11.0. The average Bonchev–Trinajstić information content (AvgIpc) is 3.54. The first kappa shape index (κ1) is 21.0. The van der Waals surface area contributed by atoms with Crippen LogP contribution in [0.15, 0.2) is 57.8 Å². The van der Waals surface area contributed by atoms with Crippen LogP contribution in [-0.2, 0) is 16.6 Å². The predicted molar refractivity (Wildman–Crippen MR) is 122 cm³/mol. The van der Waals surface area contributed by atoms with Crippen LogP contribution in [0.5, 0.6) is 0 Å². The number of fused-ring (bicyclic) bond motifs is 1. The van der Waals surface area contributed by atoms with Gasteiger partial charge in [-0.15, -0.1) is 0 Å². The molecule has 0 saturated heterocycles. The minimum atomic E-state index is -3.61. The molecule has 2 aromatic heterocycles. The largest absolute Gasteiger partial charge is 0.342 e. The van der Waals surface area contributed by atoms with Gasteiger partial charge in [-0.05, 0) is 48.2 Å². The molecule has 1 aliphatic carbocycles. The Morgan fingerprint density at radius 3 is 2.66 bits per heavy atom. The van der Waals surface area contributed by atoms with Gasteiger partial charge in [-0.3, -0.25) is 5.01 Å². The lowest BCUT2D eigenvalue weighted by atomic mass is 10.0. The molecular weight excluding hydrogens is 426 g/mol. The zero-order chi connectivity index (χ0) is 22.2. The van der Waals surface area contributed by atoms with Crippen molar-refractivity contribution in [3.8, 4) is 11.1 Å². The van der Waals surface area contributed by atoms with E-state index in [1.165, 1.54) is 0 Å². The van der Waals surface area contributed by atoms with Crippen LogP contribution in [0.2, 0.25) is 0 Å². The summed E-state index contributed by atoms with van der Waals surface area (Å²) >= 11 is 0. The van der Waals surface area contributed by atoms with Crippen LogP contribution >= 0.6 is 0 Å². The van der Waals surface area contributed by atoms with Gasteiger partial charge in [0.1, 0.15) is 5.65 Å². The first-order chi connectivity index (χ1) is 15.4. The molecular formula is C22H27N7O2S. The van der Waals surface area contributed by atoms with E-state index in [1.54, 1.807) is 18.3 Å². The molecule has 1 aromatic carbocycles. The summed E-state index contributed by atoms with van der Waals surface area (Å²) in [6.07, 6.45) is 5.56. The predicted octanol–water partition coefficient (Wildman–Crippen LogP) is 2.96. The van der Waals surface area contributed by atoms with E-state index in [0.717, 1.165) is 66.6 Å². The highest BCUT2D eigenvalue weighted by Gasteiger charge is 2.31. The van der Waals surface area contributed by atoms with E-state index in [0.29, 0.717) is 6.54 Å². The SMILES string of the molecule is NC1(CNS(=O)(=O)c2ccc(-c3ccnc4[nH]c(CN5CCN=N5)cc34)cc2)CCCC1. The minimum absolute atomic E-state index is 0.238. The molecule has 2 aliphatic rings. The quantitative estimate of drug-likeness (QED) is 0.506. The van der Waals surface area contributed by atoms with Crippen LogP contribution in [0.25, 0.3) is 22.2 Å². The zero-order valence-corrected chi connectivity index (χ0v) is 18.6. The summed E-state index contributed by atoms with van der Waals surface area (Å²) in [4.78, 5) is 8.02. The number of nitrogens with one attached hydrogen (secondary N) is 2. The fourth-order valence-electron chi connectivity index (χ4n) is 4.46. The summed E-state index contributed by atoms with van der Waals surface area (Å²) in [7, 11) is -3.61. The Hall–Kier alpha value is -2.82. The van der Waals surface area contributed by atoms with Crippen molar-refractivity contribution in [2.45, 2.75) is 42.7 Å². The number of nitrogens with two attached hydrogens (primary N) is 1. The average molecular weight is 454 g/mol. The Kier molecular flexibility index (Phi) is 5.44. The van der Waals surface area contributed by atoms with Gasteiger partial charge < -0.3 is 10.7 Å². The Labute approximate surface area is 187 Å². The van der Waals surface area contributed by atoms with Gasteiger partial charge in [0.05, 0.1) is 24.5 Å². The van der Waals surface area contributed by atoms with Crippen molar-refractivity contribution in [2.75, 3.05) is 19.6 Å². The number of aromatic amines is 1. The number of benzene rings is 1. The number of pyridine rings is 1. The number of hydrogen-bond donors (Lipinski definition) is 3. The molecule has 0 radical (unpaired) electrons. The molecule has 1 fully saturated rings. The number of aromatic nitrogens is 2. The van der Waals surface area contributed by atoms with Gasteiger partial charge in [0.15, 0.2) is 0 Å². The van der Waals surface area contributed by atoms with Crippen molar-refractivity contribution < 1.29 is 8.42 Å².